The van der Waals surface area contributed by atoms with E-state index in [4.69, 9.17) is 6.42 Å². The molecule has 1 N–H and O–H groups in total. The lowest BCUT2D eigenvalue weighted by molar-refractivity contribution is 0.630. The van der Waals surface area contributed by atoms with Crippen molar-refractivity contribution in [1.29, 1.82) is 0 Å². The van der Waals surface area contributed by atoms with Crippen molar-refractivity contribution in [3.8, 4) is 12.3 Å². The van der Waals surface area contributed by atoms with Crippen LogP contribution in [0.25, 0.3) is 0 Å². The van der Waals surface area contributed by atoms with Crippen LogP contribution in [0.15, 0.2) is 16.8 Å². The summed E-state index contributed by atoms with van der Waals surface area (Å²) in [7, 11) is 0. The van der Waals surface area contributed by atoms with Gasteiger partial charge in [0.15, 0.2) is 0 Å². The molecule has 0 radical (unpaired) electrons. The molecule has 0 aliphatic rings. The fourth-order valence-electron chi connectivity index (χ4n) is 1.10. The minimum Gasteiger partial charge on any atom is -0.313 e. The minimum absolute atomic E-state index is 0.903. The zero-order valence-corrected chi connectivity index (χ0v) is 8.57. The summed E-state index contributed by atoms with van der Waals surface area (Å²) in [6.45, 7) is 2.05. The molecule has 1 nitrogen and oxygen atoms in total. The second-order valence-electron chi connectivity index (χ2n) is 2.97. The second kappa shape index (κ2) is 6.71. The van der Waals surface area contributed by atoms with Gasteiger partial charge in [-0.3, -0.25) is 0 Å². The summed E-state index contributed by atoms with van der Waals surface area (Å²) in [4.78, 5) is 0. The van der Waals surface area contributed by atoms with Crippen LogP contribution in [0, 0.1) is 12.3 Å². The first-order valence-corrected chi connectivity index (χ1v) is 5.53. The maximum absolute atomic E-state index is 5.15. The van der Waals surface area contributed by atoms with E-state index in [1.54, 1.807) is 11.3 Å². The van der Waals surface area contributed by atoms with Crippen molar-refractivity contribution in [3.05, 3.63) is 22.4 Å². The molecule has 0 aliphatic heterocycles. The van der Waals surface area contributed by atoms with Crippen LogP contribution in [0.1, 0.15) is 24.8 Å². The van der Waals surface area contributed by atoms with Gasteiger partial charge in [0.05, 0.1) is 0 Å². The van der Waals surface area contributed by atoms with Crippen LogP contribution >= 0.6 is 11.3 Å². The molecule has 1 heterocycles. The van der Waals surface area contributed by atoms with Gasteiger partial charge in [-0.05, 0) is 41.8 Å². The van der Waals surface area contributed by atoms with Gasteiger partial charge in [-0.25, -0.2) is 0 Å². The Kier molecular flexibility index (Phi) is 5.31. The third kappa shape index (κ3) is 4.72. The molecule has 0 amide bonds. The van der Waals surface area contributed by atoms with Gasteiger partial charge in [0.2, 0.25) is 0 Å². The Morgan fingerprint density at radius 2 is 2.38 bits per heavy atom. The lowest BCUT2D eigenvalue weighted by Gasteiger charge is -2.01. The molecule has 0 aliphatic carbocycles. The molecule has 13 heavy (non-hydrogen) atoms. The van der Waals surface area contributed by atoms with Gasteiger partial charge in [-0.1, -0.05) is 0 Å². The molecular formula is C11H15NS. The summed E-state index contributed by atoms with van der Waals surface area (Å²) < 4.78 is 0. The topological polar surface area (TPSA) is 12.0 Å². The van der Waals surface area contributed by atoms with Crippen molar-refractivity contribution in [2.75, 3.05) is 6.54 Å². The van der Waals surface area contributed by atoms with Crippen LogP contribution in [-0.4, -0.2) is 6.54 Å². The molecule has 70 valence electrons. The molecular weight excluding hydrogens is 178 g/mol. The number of nitrogens with one attached hydrogen (secondary N) is 1. The highest BCUT2D eigenvalue weighted by molar-refractivity contribution is 7.07. The van der Waals surface area contributed by atoms with Gasteiger partial charge in [0.1, 0.15) is 0 Å². The molecule has 0 saturated carbocycles. The van der Waals surface area contributed by atoms with Crippen LogP contribution < -0.4 is 5.32 Å². The van der Waals surface area contributed by atoms with Crippen molar-refractivity contribution >= 4 is 11.3 Å². The standard InChI is InChI=1S/C11H15NS/c1-2-3-4-5-7-12-9-11-6-8-13-10-11/h1,6,8,10,12H,3-5,7,9H2. The highest BCUT2D eigenvalue weighted by Gasteiger charge is 1.91. The average Bonchev–Trinajstić information content (AvgIpc) is 2.63. The zero-order chi connectivity index (χ0) is 9.36. The largest absolute Gasteiger partial charge is 0.313 e. The molecule has 1 aromatic heterocycles. The molecule has 0 aromatic carbocycles. The Labute approximate surface area is 84.2 Å². The Hall–Kier alpha value is -0.780. The first-order chi connectivity index (χ1) is 6.43. The third-order valence-corrected chi connectivity index (χ3v) is 2.57. The summed E-state index contributed by atoms with van der Waals surface area (Å²) >= 11 is 1.74. The van der Waals surface area contributed by atoms with Gasteiger partial charge in [-0.15, -0.1) is 12.3 Å². The van der Waals surface area contributed by atoms with Crippen LogP contribution in [0.4, 0.5) is 0 Å². The monoisotopic (exact) mass is 193 g/mol. The number of rotatable bonds is 6. The summed E-state index contributed by atoms with van der Waals surface area (Å²) in [5.41, 5.74) is 1.38. The predicted octanol–water partition coefficient (Wildman–Crippen LogP) is 2.64. The van der Waals surface area contributed by atoms with Crippen molar-refractivity contribution in [2.45, 2.75) is 25.8 Å². The maximum Gasteiger partial charge on any atom is 0.0213 e. The lowest BCUT2D eigenvalue weighted by Crippen LogP contribution is -2.13. The normalized spacial score (nSPS) is 9.77. The first-order valence-electron chi connectivity index (χ1n) is 4.58. The van der Waals surface area contributed by atoms with Crippen molar-refractivity contribution < 1.29 is 0 Å². The first kappa shape index (κ1) is 10.3. The molecule has 1 rings (SSSR count). The van der Waals surface area contributed by atoms with Gasteiger partial charge >= 0.3 is 0 Å². The highest BCUT2D eigenvalue weighted by atomic mass is 32.1. The summed E-state index contributed by atoms with van der Waals surface area (Å²) in [5.74, 6) is 2.65. The smallest absolute Gasteiger partial charge is 0.0213 e. The molecule has 0 bridgehead atoms. The summed E-state index contributed by atoms with van der Waals surface area (Å²) in [6.07, 6.45) is 8.36. The fraction of sp³-hybridized carbons (Fsp3) is 0.455. The highest BCUT2D eigenvalue weighted by Crippen LogP contribution is 2.04. The summed E-state index contributed by atoms with van der Waals surface area (Å²) in [5, 5.41) is 7.67. The van der Waals surface area contributed by atoms with Crippen molar-refractivity contribution in [1.82, 2.24) is 5.32 Å². The number of hydrogen-bond donors (Lipinski definition) is 1. The lowest BCUT2D eigenvalue weighted by atomic mass is 10.2. The Balaban J connectivity index is 1.94. The molecule has 0 atom stereocenters. The van der Waals surface area contributed by atoms with Gasteiger partial charge < -0.3 is 5.32 Å². The molecule has 0 spiro atoms. The van der Waals surface area contributed by atoms with E-state index >= 15 is 0 Å². The van der Waals surface area contributed by atoms with Gasteiger partial charge in [0.25, 0.3) is 0 Å². The summed E-state index contributed by atoms with van der Waals surface area (Å²) in [6, 6.07) is 2.15. The molecule has 0 fully saturated rings. The minimum atomic E-state index is 0.903. The predicted molar refractivity (Wildman–Crippen MR) is 58.7 cm³/mol. The second-order valence-corrected chi connectivity index (χ2v) is 3.75. The zero-order valence-electron chi connectivity index (χ0n) is 7.75. The van der Waals surface area contributed by atoms with E-state index in [9.17, 15) is 0 Å². The Morgan fingerprint density at radius 1 is 1.46 bits per heavy atom. The van der Waals surface area contributed by atoms with Crippen LogP contribution in [0.3, 0.4) is 0 Å². The third-order valence-electron chi connectivity index (χ3n) is 1.83. The van der Waals surface area contributed by atoms with E-state index in [-0.39, 0.29) is 0 Å². The quantitative estimate of drug-likeness (QED) is 0.541. The fourth-order valence-corrected chi connectivity index (χ4v) is 1.77. The van der Waals surface area contributed by atoms with Crippen LogP contribution in [0.2, 0.25) is 0 Å². The van der Waals surface area contributed by atoms with Crippen LogP contribution in [-0.2, 0) is 6.54 Å². The van der Waals surface area contributed by atoms with E-state index in [1.807, 2.05) is 0 Å². The molecule has 2 heteroatoms. The van der Waals surface area contributed by atoms with E-state index in [1.165, 1.54) is 12.0 Å². The van der Waals surface area contributed by atoms with Crippen molar-refractivity contribution in [3.63, 3.8) is 0 Å². The average molecular weight is 193 g/mol. The SMILES string of the molecule is C#CCCCCNCc1ccsc1. The Bertz CT molecular complexity index is 246. The molecule has 0 saturated heterocycles. The Morgan fingerprint density at radius 3 is 3.08 bits per heavy atom. The maximum atomic E-state index is 5.15. The number of hydrogen-bond acceptors (Lipinski definition) is 2. The number of thiophene rings is 1. The number of terminal acetylenes is 1. The van der Waals surface area contributed by atoms with Crippen molar-refractivity contribution in [2.24, 2.45) is 0 Å². The van der Waals surface area contributed by atoms with Gasteiger partial charge in [-0.2, -0.15) is 11.3 Å². The number of unbranched alkanes of at least 4 members (excludes halogenated alkanes) is 2. The molecule has 1 aromatic rings. The van der Waals surface area contributed by atoms with Crippen LogP contribution in [0.5, 0.6) is 0 Å². The van der Waals surface area contributed by atoms with E-state index < -0.39 is 0 Å². The van der Waals surface area contributed by atoms with E-state index in [0.717, 1.165) is 25.9 Å². The molecule has 0 unspecified atom stereocenters. The van der Waals surface area contributed by atoms with E-state index in [0.29, 0.717) is 0 Å². The van der Waals surface area contributed by atoms with Gasteiger partial charge in [0, 0.05) is 13.0 Å². The van der Waals surface area contributed by atoms with E-state index in [2.05, 4.69) is 28.1 Å².